The van der Waals surface area contributed by atoms with Crippen molar-refractivity contribution in [1.29, 1.82) is 0 Å². The zero-order valence-electron chi connectivity index (χ0n) is 15.9. The molecule has 0 aliphatic heterocycles. The molecule has 2 aliphatic rings. The molecule has 0 unspecified atom stereocenters. The molecular formula is C21H27F3N2O2. The number of halogens is 3. The highest BCUT2D eigenvalue weighted by Gasteiger charge is 2.32. The molecule has 0 aromatic heterocycles. The number of amides is 2. The van der Waals surface area contributed by atoms with Gasteiger partial charge in [-0.3, -0.25) is 9.59 Å². The lowest BCUT2D eigenvalue weighted by atomic mass is 9.80. The number of benzene rings is 1. The molecule has 0 bridgehead atoms. The van der Waals surface area contributed by atoms with E-state index < -0.39 is 11.7 Å². The number of nitrogens with one attached hydrogen (secondary N) is 2. The average Bonchev–Trinajstić information content (AvgIpc) is 2.68. The molecule has 28 heavy (non-hydrogen) atoms. The molecule has 2 aliphatic carbocycles. The van der Waals surface area contributed by atoms with Gasteiger partial charge in [0.05, 0.1) is 5.56 Å². The maximum absolute atomic E-state index is 12.6. The molecule has 7 heteroatoms. The standard InChI is InChI=1S/C21H27F3N2O2/c22-21(23,24)16-10-12-18(13-11-16)26-20(28)15-8-6-14(7-9-15)19(27)25-17-4-2-1-3-5-17/h10-15,17H,1-9H2,(H,25,27)(H,26,28). The molecule has 0 radical (unpaired) electrons. The van der Waals surface area contributed by atoms with Crippen molar-refractivity contribution in [2.24, 2.45) is 11.8 Å². The second-order valence-corrected chi connectivity index (χ2v) is 7.96. The van der Waals surface area contributed by atoms with Gasteiger partial charge in [-0.2, -0.15) is 13.2 Å². The Morgan fingerprint density at radius 3 is 1.86 bits per heavy atom. The van der Waals surface area contributed by atoms with Crippen LogP contribution in [-0.2, 0) is 15.8 Å². The van der Waals surface area contributed by atoms with Gasteiger partial charge in [0.15, 0.2) is 0 Å². The van der Waals surface area contributed by atoms with E-state index in [1.807, 2.05) is 0 Å². The number of carbonyl (C=O) groups is 2. The molecular weight excluding hydrogens is 369 g/mol. The summed E-state index contributed by atoms with van der Waals surface area (Å²) in [6.45, 7) is 0. The monoisotopic (exact) mass is 396 g/mol. The Morgan fingerprint density at radius 1 is 0.786 bits per heavy atom. The molecule has 0 saturated heterocycles. The summed E-state index contributed by atoms with van der Waals surface area (Å²) in [4.78, 5) is 24.9. The van der Waals surface area contributed by atoms with Crippen molar-refractivity contribution < 1.29 is 22.8 Å². The highest BCUT2D eigenvalue weighted by molar-refractivity contribution is 5.92. The first-order valence-electron chi connectivity index (χ1n) is 10.1. The van der Waals surface area contributed by atoms with Gasteiger partial charge in [0.25, 0.3) is 0 Å². The molecule has 154 valence electrons. The normalized spacial score (nSPS) is 23.8. The lowest BCUT2D eigenvalue weighted by molar-refractivity contribution is -0.137. The number of alkyl halides is 3. The van der Waals surface area contributed by atoms with Gasteiger partial charge in [-0.05, 0) is 62.8 Å². The van der Waals surface area contributed by atoms with E-state index in [1.165, 1.54) is 31.4 Å². The zero-order valence-corrected chi connectivity index (χ0v) is 15.9. The summed E-state index contributed by atoms with van der Waals surface area (Å²) in [5.74, 6) is -0.336. The second-order valence-electron chi connectivity index (χ2n) is 7.96. The van der Waals surface area contributed by atoms with Gasteiger partial charge in [0, 0.05) is 23.6 Å². The van der Waals surface area contributed by atoms with Gasteiger partial charge in [-0.15, -0.1) is 0 Å². The highest BCUT2D eigenvalue weighted by Crippen LogP contribution is 2.32. The van der Waals surface area contributed by atoms with Crippen LogP contribution in [-0.4, -0.2) is 17.9 Å². The van der Waals surface area contributed by atoms with E-state index >= 15 is 0 Å². The van der Waals surface area contributed by atoms with Crippen LogP contribution < -0.4 is 10.6 Å². The van der Waals surface area contributed by atoms with E-state index in [1.54, 1.807) is 0 Å². The van der Waals surface area contributed by atoms with Crippen molar-refractivity contribution in [3.8, 4) is 0 Å². The van der Waals surface area contributed by atoms with E-state index in [0.717, 1.165) is 25.0 Å². The Labute approximate surface area is 163 Å². The summed E-state index contributed by atoms with van der Waals surface area (Å²) in [6, 6.07) is 4.75. The zero-order chi connectivity index (χ0) is 20.1. The van der Waals surface area contributed by atoms with Crippen molar-refractivity contribution in [1.82, 2.24) is 5.32 Å². The van der Waals surface area contributed by atoms with Crippen LogP contribution in [0.2, 0.25) is 0 Å². The summed E-state index contributed by atoms with van der Waals surface area (Å²) in [7, 11) is 0. The largest absolute Gasteiger partial charge is 0.416 e. The van der Waals surface area contributed by atoms with Crippen molar-refractivity contribution in [2.75, 3.05) is 5.32 Å². The van der Waals surface area contributed by atoms with Gasteiger partial charge in [0.2, 0.25) is 11.8 Å². The fourth-order valence-corrected chi connectivity index (χ4v) is 4.17. The Bertz CT molecular complexity index is 674. The number of hydrogen-bond donors (Lipinski definition) is 2. The van der Waals surface area contributed by atoms with Gasteiger partial charge < -0.3 is 10.6 Å². The Hall–Kier alpha value is -2.05. The maximum atomic E-state index is 12.6. The molecule has 0 atom stereocenters. The highest BCUT2D eigenvalue weighted by atomic mass is 19.4. The average molecular weight is 396 g/mol. The Balaban J connectivity index is 1.45. The van der Waals surface area contributed by atoms with Crippen molar-refractivity contribution >= 4 is 17.5 Å². The topological polar surface area (TPSA) is 58.2 Å². The number of rotatable bonds is 4. The molecule has 2 fully saturated rings. The minimum Gasteiger partial charge on any atom is -0.353 e. The van der Waals surface area contributed by atoms with Crippen molar-refractivity contribution in [2.45, 2.75) is 70.0 Å². The quantitative estimate of drug-likeness (QED) is 0.761. The van der Waals surface area contributed by atoms with Gasteiger partial charge in [0.1, 0.15) is 0 Å². The molecule has 2 saturated carbocycles. The third-order valence-corrected chi connectivity index (χ3v) is 5.90. The van der Waals surface area contributed by atoms with Crippen LogP contribution in [0, 0.1) is 11.8 Å². The van der Waals surface area contributed by atoms with Crippen LogP contribution in [0.15, 0.2) is 24.3 Å². The first-order valence-corrected chi connectivity index (χ1v) is 10.1. The lowest BCUT2D eigenvalue weighted by Crippen LogP contribution is -2.41. The lowest BCUT2D eigenvalue weighted by Gasteiger charge is -2.29. The smallest absolute Gasteiger partial charge is 0.353 e. The van der Waals surface area contributed by atoms with E-state index in [0.29, 0.717) is 37.4 Å². The fourth-order valence-electron chi connectivity index (χ4n) is 4.17. The third kappa shape index (κ3) is 5.49. The SMILES string of the molecule is O=C(Nc1ccc(C(F)(F)F)cc1)C1CCC(C(=O)NC2CCCCC2)CC1. The third-order valence-electron chi connectivity index (χ3n) is 5.90. The number of carbonyl (C=O) groups excluding carboxylic acids is 2. The molecule has 3 rings (SSSR count). The fraction of sp³-hybridized carbons (Fsp3) is 0.619. The van der Waals surface area contributed by atoms with Crippen LogP contribution in [0.5, 0.6) is 0 Å². The Kier molecular flexibility index (Phi) is 6.62. The van der Waals surface area contributed by atoms with Crippen LogP contribution in [0.1, 0.15) is 63.4 Å². The summed E-state index contributed by atoms with van der Waals surface area (Å²) < 4.78 is 37.8. The molecule has 4 nitrogen and oxygen atoms in total. The minimum atomic E-state index is -4.39. The summed E-state index contributed by atoms with van der Waals surface area (Å²) in [5.41, 5.74) is -0.384. The molecule has 2 N–H and O–H groups in total. The predicted octanol–water partition coefficient (Wildman–Crippen LogP) is 4.90. The number of anilines is 1. The van der Waals surface area contributed by atoms with Crippen LogP contribution in [0.25, 0.3) is 0 Å². The maximum Gasteiger partial charge on any atom is 0.416 e. The first-order chi connectivity index (χ1) is 13.3. The molecule has 1 aromatic carbocycles. The predicted molar refractivity (Wildman–Crippen MR) is 101 cm³/mol. The van der Waals surface area contributed by atoms with Gasteiger partial charge in [-0.1, -0.05) is 19.3 Å². The second kappa shape index (κ2) is 8.97. The summed E-state index contributed by atoms with van der Waals surface area (Å²) in [6.07, 6.45) is 3.87. The van der Waals surface area contributed by atoms with E-state index in [2.05, 4.69) is 10.6 Å². The van der Waals surface area contributed by atoms with Crippen molar-refractivity contribution in [3.05, 3.63) is 29.8 Å². The minimum absolute atomic E-state index is 0.0444. The van der Waals surface area contributed by atoms with Crippen LogP contribution in [0.3, 0.4) is 0 Å². The van der Waals surface area contributed by atoms with Gasteiger partial charge in [-0.25, -0.2) is 0 Å². The molecule has 2 amide bonds. The molecule has 0 spiro atoms. The van der Waals surface area contributed by atoms with Crippen LogP contribution >= 0.6 is 0 Å². The Morgan fingerprint density at radius 2 is 1.32 bits per heavy atom. The van der Waals surface area contributed by atoms with Crippen molar-refractivity contribution in [3.63, 3.8) is 0 Å². The first kappa shape index (κ1) is 20.7. The van der Waals surface area contributed by atoms with E-state index in [-0.39, 0.29) is 23.7 Å². The van der Waals surface area contributed by atoms with Crippen LogP contribution in [0.4, 0.5) is 18.9 Å². The summed E-state index contributed by atoms with van der Waals surface area (Å²) in [5, 5.41) is 5.85. The van der Waals surface area contributed by atoms with Gasteiger partial charge >= 0.3 is 6.18 Å². The number of hydrogen-bond acceptors (Lipinski definition) is 2. The molecule has 0 heterocycles. The van der Waals surface area contributed by atoms with E-state index in [4.69, 9.17) is 0 Å². The van der Waals surface area contributed by atoms with E-state index in [9.17, 15) is 22.8 Å². The summed E-state index contributed by atoms with van der Waals surface area (Å²) >= 11 is 0. The molecule has 1 aromatic rings.